The Morgan fingerprint density at radius 3 is 2.65 bits per heavy atom. The summed E-state index contributed by atoms with van der Waals surface area (Å²) in [4.78, 5) is 24.9. The highest BCUT2D eigenvalue weighted by Gasteiger charge is 2.39. The van der Waals surface area contributed by atoms with Crippen molar-refractivity contribution in [2.24, 2.45) is 11.8 Å². The zero-order valence-electron chi connectivity index (χ0n) is 12.2. The van der Waals surface area contributed by atoms with Gasteiger partial charge < -0.3 is 20.1 Å². The number of carboxylic acid groups (broad SMARTS) is 1. The number of amides is 2. The van der Waals surface area contributed by atoms with Crippen LogP contribution < -0.4 is 5.32 Å². The van der Waals surface area contributed by atoms with Gasteiger partial charge in [0.1, 0.15) is 5.92 Å². The second kappa shape index (κ2) is 6.43. The zero-order chi connectivity index (χ0) is 14.7. The molecule has 2 amide bonds. The largest absolute Gasteiger partial charge is 0.481 e. The van der Waals surface area contributed by atoms with Crippen molar-refractivity contribution in [3.8, 4) is 0 Å². The first-order chi connectivity index (χ1) is 9.52. The van der Waals surface area contributed by atoms with Crippen molar-refractivity contribution in [2.75, 3.05) is 20.3 Å². The lowest BCUT2D eigenvalue weighted by molar-refractivity contribution is -0.142. The van der Waals surface area contributed by atoms with Gasteiger partial charge >= 0.3 is 12.0 Å². The van der Waals surface area contributed by atoms with Crippen LogP contribution in [0.15, 0.2) is 0 Å². The summed E-state index contributed by atoms with van der Waals surface area (Å²) in [5.41, 5.74) is 0. The molecular formula is C14H24N2O4. The Bertz CT molecular complexity index is 370. The summed E-state index contributed by atoms with van der Waals surface area (Å²) in [7, 11) is 1.65. The monoisotopic (exact) mass is 284 g/mol. The third-order valence-corrected chi connectivity index (χ3v) is 4.32. The summed E-state index contributed by atoms with van der Waals surface area (Å²) in [6.45, 7) is 2.53. The highest BCUT2D eigenvalue weighted by molar-refractivity contribution is 5.77. The van der Waals surface area contributed by atoms with Crippen LogP contribution in [0, 0.1) is 11.8 Å². The average Bonchev–Trinajstić information content (AvgIpc) is 3.09. The molecule has 0 aromatic carbocycles. The van der Waals surface area contributed by atoms with Gasteiger partial charge in [-0.2, -0.15) is 0 Å². The van der Waals surface area contributed by atoms with Crippen LogP contribution >= 0.6 is 0 Å². The molecule has 1 saturated carbocycles. The molecule has 6 nitrogen and oxygen atoms in total. The summed E-state index contributed by atoms with van der Waals surface area (Å²) in [6, 6.07) is -0.395. The summed E-state index contributed by atoms with van der Waals surface area (Å²) in [6.07, 6.45) is 4.46. The molecule has 0 aromatic rings. The number of nitrogens with zero attached hydrogens (tertiary/aromatic N) is 1. The van der Waals surface area contributed by atoms with E-state index in [4.69, 9.17) is 9.84 Å². The summed E-state index contributed by atoms with van der Waals surface area (Å²) in [5, 5.41) is 12.1. The van der Waals surface area contributed by atoms with Crippen LogP contribution in [-0.4, -0.2) is 54.4 Å². The molecule has 114 valence electrons. The van der Waals surface area contributed by atoms with E-state index >= 15 is 0 Å². The van der Waals surface area contributed by atoms with E-state index in [1.807, 2.05) is 0 Å². The number of carbonyl (C=O) groups excluding carboxylic acids is 1. The normalized spacial score (nSPS) is 27.1. The van der Waals surface area contributed by atoms with E-state index in [1.54, 1.807) is 7.05 Å². The lowest BCUT2D eigenvalue weighted by atomic mass is 10.0. The maximum Gasteiger partial charge on any atom is 0.317 e. The number of hydrogen-bond donors (Lipinski definition) is 2. The molecule has 20 heavy (non-hydrogen) atoms. The molecule has 1 aliphatic carbocycles. The number of ether oxygens (including phenoxy) is 1. The molecule has 2 aliphatic rings. The number of nitrogens with one attached hydrogen (secondary N) is 1. The zero-order valence-corrected chi connectivity index (χ0v) is 12.2. The molecule has 6 heteroatoms. The van der Waals surface area contributed by atoms with Crippen molar-refractivity contribution >= 4 is 12.0 Å². The standard InChI is InChI=1S/C14H24N2O4/c1-3-10(6-9-4-5-9)15-14(19)16(2)12-8-20-7-11(12)13(17)18/h9-12H,3-8H2,1-2H3,(H,15,19)(H,17,18). The fourth-order valence-corrected chi connectivity index (χ4v) is 2.67. The van der Waals surface area contributed by atoms with Crippen LogP contribution in [0.4, 0.5) is 4.79 Å². The average molecular weight is 284 g/mol. The second-order valence-corrected chi connectivity index (χ2v) is 5.89. The minimum atomic E-state index is -0.905. The first-order valence-electron chi connectivity index (χ1n) is 7.36. The van der Waals surface area contributed by atoms with E-state index in [1.165, 1.54) is 17.7 Å². The number of likely N-dealkylation sites (N-methyl/N-ethyl adjacent to an activating group) is 1. The van der Waals surface area contributed by atoms with Gasteiger partial charge in [0.15, 0.2) is 0 Å². The highest BCUT2D eigenvalue weighted by Crippen LogP contribution is 2.34. The molecule has 0 spiro atoms. The van der Waals surface area contributed by atoms with Crippen molar-refractivity contribution in [1.82, 2.24) is 10.2 Å². The number of hydrogen-bond acceptors (Lipinski definition) is 3. The van der Waals surface area contributed by atoms with Crippen LogP contribution in [0.1, 0.15) is 32.6 Å². The molecule has 1 heterocycles. The van der Waals surface area contributed by atoms with Gasteiger partial charge in [-0.3, -0.25) is 4.79 Å². The third-order valence-electron chi connectivity index (χ3n) is 4.32. The Morgan fingerprint density at radius 2 is 2.10 bits per heavy atom. The van der Waals surface area contributed by atoms with Gasteiger partial charge in [0.05, 0.1) is 19.3 Å². The maximum atomic E-state index is 12.2. The quantitative estimate of drug-likeness (QED) is 0.770. The van der Waals surface area contributed by atoms with E-state index in [0.29, 0.717) is 6.61 Å². The molecule has 2 fully saturated rings. The number of urea groups is 1. The molecule has 3 unspecified atom stereocenters. The predicted molar refractivity (Wildman–Crippen MR) is 73.4 cm³/mol. The Morgan fingerprint density at radius 1 is 1.40 bits per heavy atom. The van der Waals surface area contributed by atoms with Gasteiger partial charge in [0, 0.05) is 13.1 Å². The topological polar surface area (TPSA) is 78.9 Å². The summed E-state index contributed by atoms with van der Waals surface area (Å²) < 4.78 is 5.21. The van der Waals surface area contributed by atoms with Gasteiger partial charge in [-0.15, -0.1) is 0 Å². The predicted octanol–water partition coefficient (Wildman–Crippen LogP) is 1.31. The maximum absolute atomic E-state index is 12.2. The van der Waals surface area contributed by atoms with E-state index in [9.17, 15) is 9.59 Å². The molecule has 1 aliphatic heterocycles. The number of rotatable bonds is 6. The number of carboxylic acids is 1. The molecule has 1 saturated heterocycles. The molecular weight excluding hydrogens is 260 g/mol. The smallest absolute Gasteiger partial charge is 0.317 e. The molecule has 2 N–H and O–H groups in total. The Hall–Kier alpha value is -1.30. The van der Waals surface area contributed by atoms with E-state index in [0.717, 1.165) is 18.8 Å². The van der Waals surface area contributed by atoms with Crippen molar-refractivity contribution in [1.29, 1.82) is 0 Å². The summed E-state index contributed by atoms with van der Waals surface area (Å²) >= 11 is 0. The van der Waals surface area contributed by atoms with Crippen LogP contribution in [0.2, 0.25) is 0 Å². The van der Waals surface area contributed by atoms with E-state index < -0.39 is 11.9 Å². The third kappa shape index (κ3) is 3.62. The van der Waals surface area contributed by atoms with Gasteiger partial charge in [-0.05, 0) is 18.8 Å². The summed E-state index contributed by atoms with van der Waals surface area (Å²) in [5.74, 6) is -0.779. The van der Waals surface area contributed by atoms with E-state index in [-0.39, 0.29) is 24.7 Å². The first-order valence-corrected chi connectivity index (χ1v) is 7.36. The Kier molecular flexibility index (Phi) is 4.86. The van der Waals surface area contributed by atoms with Crippen LogP contribution in [0.25, 0.3) is 0 Å². The fourth-order valence-electron chi connectivity index (χ4n) is 2.67. The number of aliphatic carboxylic acids is 1. The van der Waals surface area contributed by atoms with Gasteiger partial charge in [0.2, 0.25) is 0 Å². The highest BCUT2D eigenvalue weighted by atomic mass is 16.5. The van der Waals surface area contributed by atoms with Gasteiger partial charge in [-0.1, -0.05) is 19.8 Å². The molecule has 0 radical (unpaired) electrons. The second-order valence-electron chi connectivity index (χ2n) is 5.89. The van der Waals surface area contributed by atoms with Crippen LogP contribution in [-0.2, 0) is 9.53 Å². The number of carbonyl (C=O) groups is 2. The van der Waals surface area contributed by atoms with Gasteiger partial charge in [0.25, 0.3) is 0 Å². The SMILES string of the molecule is CCC(CC1CC1)NC(=O)N(C)C1COCC1C(=O)O. The van der Waals surface area contributed by atoms with Crippen molar-refractivity contribution in [2.45, 2.75) is 44.7 Å². The Balaban J connectivity index is 1.88. The van der Waals surface area contributed by atoms with Crippen molar-refractivity contribution in [3.05, 3.63) is 0 Å². The fraction of sp³-hybridized carbons (Fsp3) is 0.857. The van der Waals surface area contributed by atoms with Crippen molar-refractivity contribution in [3.63, 3.8) is 0 Å². The van der Waals surface area contributed by atoms with Crippen LogP contribution in [0.5, 0.6) is 0 Å². The lowest BCUT2D eigenvalue weighted by Crippen LogP contribution is -2.50. The molecule has 2 rings (SSSR count). The lowest BCUT2D eigenvalue weighted by Gasteiger charge is -2.28. The minimum Gasteiger partial charge on any atom is -0.481 e. The van der Waals surface area contributed by atoms with Crippen LogP contribution in [0.3, 0.4) is 0 Å². The van der Waals surface area contributed by atoms with E-state index in [2.05, 4.69) is 12.2 Å². The van der Waals surface area contributed by atoms with Crippen molar-refractivity contribution < 1.29 is 19.4 Å². The first kappa shape index (κ1) is 15.1. The molecule has 0 bridgehead atoms. The van der Waals surface area contributed by atoms with Gasteiger partial charge in [-0.25, -0.2) is 4.79 Å². The molecule has 3 atom stereocenters. The molecule has 0 aromatic heterocycles. The Labute approximate surface area is 119 Å². The minimum absolute atomic E-state index is 0.177.